The van der Waals surface area contributed by atoms with Crippen molar-refractivity contribution in [1.29, 1.82) is 0 Å². The van der Waals surface area contributed by atoms with Crippen LogP contribution in [0.25, 0.3) is 0 Å². The van der Waals surface area contributed by atoms with Gasteiger partial charge in [-0.15, -0.1) is 0 Å². The second-order valence-corrected chi connectivity index (χ2v) is 9.59. The monoisotopic (exact) mass is 434 g/mol. The van der Waals surface area contributed by atoms with E-state index in [9.17, 15) is 18.0 Å². The second-order valence-electron chi connectivity index (χ2n) is 7.58. The number of carbonyl (C=O) groups excluding carboxylic acids is 2. The summed E-state index contributed by atoms with van der Waals surface area (Å²) in [5, 5.41) is 2.73. The van der Waals surface area contributed by atoms with Gasteiger partial charge in [0.05, 0.1) is 22.2 Å². The van der Waals surface area contributed by atoms with Gasteiger partial charge in [0.25, 0.3) is 0 Å². The Kier molecular flexibility index (Phi) is 5.37. The van der Waals surface area contributed by atoms with Crippen molar-refractivity contribution in [3.05, 3.63) is 90.0 Å². The van der Waals surface area contributed by atoms with Gasteiger partial charge in [0, 0.05) is 6.26 Å². The number of amides is 2. The minimum atomic E-state index is -3.46. The largest absolute Gasteiger partial charge is 0.322 e. The highest BCUT2D eigenvalue weighted by Gasteiger charge is 2.38. The summed E-state index contributed by atoms with van der Waals surface area (Å²) in [6.45, 7) is 1.66. The third-order valence-electron chi connectivity index (χ3n) is 5.43. The molecule has 1 aliphatic rings. The average Bonchev–Trinajstić information content (AvgIpc) is 2.75. The SMILES string of the molecule is CC1C(=O)Nc2cc(S(C)(=O)=O)ccc2N1C(=O)C(c1ccccc1)c1ccccc1. The lowest BCUT2D eigenvalue weighted by Gasteiger charge is -2.37. The molecular formula is C24H22N2O4S. The van der Waals surface area contributed by atoms with E-state index in [1.807, 2.05) is 60.7 Å². The minimum absolute atomic E-state index is 0.0798. The standard InChI is InChI=1S/C24H22N2O4S/c1-16-23(27)25-20-15-19(31(2,29)30)13-14-21(20)26(16)24(28)22(17-9-5-3-6-10-17)18-11-7-4-8-12-18/h3-16,22H,1-2H3,(H,25,27). The fraction of sp³-hybridized carbons (Fsp3) is 0.167. The Morgan fingerprint density at radius 3 is 2.00 bits per heavy atom. The third-order valence-corrected chi connectivity index (χ3v) is 6.54. The summed E-state index contributed by atoms with van der Waals surface area (Å²) in [7, 11) is -3.46. The van der Waals surface area contributed by atoms with Crippen molar-refractivity contribution < 1.29 is 18.0 Å². The van der Waals surface area contributed by atoms with Crippen molar-refractivity contribution in [2.45, 2.75) is 23.8 Å². The quantitative estimate of drug-likeness (QED) is 0.680. The molecule has 0 radical (unpaired) electrons. The Hall–Kier alpha value is -3.45. The van der Waals surface area contributed by atoms with E-state index < -0.39 is 21.8 Å². The van der Waals surface area contributed by atoms with Crippen LogP contribution in [0.5, 0.6) is 0 Å². The molecule has 6 nitrogen and oxygen atoms in total. The Labute approximate surface area is 181 Å². The molecule has 1 atom stereocenters. The Bertz CT molecular complexity index is 1200. The van der Waals surface area contributed by atoms with Crippen molar-refractivity contribution in [2.24, 2.45) is 0 Å². The highest BCUT2D eigenvalue weighted by atomic mass is 32.2. The van der Waals surface area contributed by atoms with E-state index in [-0.39, 0.29) is 16.7 Å². The van der Waals surface area contributed by atoms with Gasteiger partial charge >= 0.3 is 0 Å². The summed E-state index contributed by atoms with van der Waals surface area (Å²) in [6.07, 6.45) is 1.10. The van der Waals surface area contributed by atoms with Crippen LogP contribution in [-0.4, -0.2) is 32.5 Å². The van der Waals surface area contributed by atoms with E-state index in [0.29, 0.717) is 11.4 Å². The van der Waals surface area contributed by atoms with Gasteiger partial charge in [-0.1, -0.05) is 60.7 Å². The summed E-state index contributed by atoms with van der Waals surface area (Å²) in [5.74, 6) is -1.24. The predicted octanol–water partition coefficient (Wildman–Crippen LogP) is 3.60. The van der Waals surface area contributed by atoms with Crippen LogP contribution in [0, 0.1) is 0 Å². The number of hydrogen-bond donors (Lipinski definition) is 1. The first-order valence-electron chi connectivity index (χ1n) is 9.85. The summed E-state index contributed by atoms with van der Waals surface area (Å²) in [4.78, 5) is 28.1. The molecule has 0 fully saturated rings. The first-order chi connectivity index (χ1) is 14.8. The number of carbonyl (C=O) groups is 2. The van der Waals surface area contributed by atoms with E-state index in [1.165, 1.54) is 17.0 Å². The van der Waals surface area contributed by atoms with Crippen LogP contribution in [0.2, 0.25) is 0 Å². The number of benzene rings is 3. The Balaban J connectivity index is 1.85. The highest BCUT2D eigenvalue weighted by Crippen LogP contribution is 2.37. The van der Waals surface area contributed by atoms with E-state index >= 15 is 0 Å². The maximum atomic E-state index is 13.9. The topological polar surface area (TPSA) is 83.6 Å². The molecule has 0 saturated carbocycles. The molecule has 158 valence electrons. The van der Waals surface area contributed by atoms with Crippen molar-refractivity contribution >= 4 is 33.0 Å². The zero-order valence-corrected chi connectivity index (χ0v) is 18.0. The van der Waals surface area contributed by atoms with Crippen molar-refractivity contribution in [3.8, 4) is 0 Å². The van der Waals surface area contributed by atoms with Crippen molar-refractivity contribution in [1.82, 2.24) is 0 Å². The first kappa shape index (κ1) is 20.8. The van der Waals surface area contributed by atoms with Crippen LogP contribution in [0.15, 0.2) is 83.8 Å². The second kappa shape index (κ2) is 8.00. The molecule has 0 bridgehead atoms. The number of anilines is 2. The molecule has 7 heteroatoms. The molecular weight excluding hydrogens is 412 g/mol. The Morgan fingerprint density at radius 1 is 0.935 bits per heavy atom. The number of hydrogen-bond acceptors (Lipinski definition) is 4. The molecule has 2 amide bonds. The molecule has 4 rings (SSSR count). The lowest BCUT2D eigenvalue weighted by molar-refractivity contribution is -0.124. The van der Waals surface area contributed by atoms with E-state index in [2.05, 4.69) is 5.32 Å². The maximum Gasteiger partial charge on any atom is 0.247 e. The molecule has 1 unspecified atom stereocenters. The molecule has 1 aliphatic heterocycles. The highest BCUT2D eigenvalue weighted by molar-refractivity contribution is 7.90. The normalized spacial score (nSPS) is 16.0. The number of fused-ring (bicyclic) bond motifs is 1. The maximum absolute atomic E-state index is 13.9. The van der Waals surface area contributed by atoms with E-state index in [1.54, 1.807) is 13.0 Å². The molecule has 0 saturated heterocycles. The van der Waals surface area contributed by atoms with Crippen LogP contribution >= 0.6 is 0 Å². The summed E-state index contributed by atoms with van der Waals surface area (Å²) >= 11 is 0. The third kappa shape index (κ3) is 3.96. The van der Waals surface area contributed by atoms with E-state index in [4.69, 9.17) is 0 Å². The van der Waals surface area contributed by atoms with Gasteiger partial charge in [-0.2, -0.15) is 0 Å². The van der Waals surface area contributed by atoms with Crippen LogP contribution in [0.3, 0.4) is 0 Å². The molecule has 3 aromatic carbocycles. The summed E-state index contributed by atoms with van der Waals surface area (Å²) < 4.78 is 23.9. The molecule has 0 aromatic heterocycles. The lowest BCUT2D eigenvalue weighted by atomic mass is 9.89. The van der Waals surface area contributed by atoms with Crippen LogP contribution < -0.4 is 10.2 Å². The lowest BCUT2D eigenvalue weighted by Crippen LogP contribution is -2.51. The molecule has 1 heterocycles. The van der Waals surface area contributed by atoms with Crippen LogP contribution in [0.4, 0.5) is 11.4 Å². The van der Waals surface area contributed by atoms with Gasteiger partial charge in [-0.3, -0.25) is 14.5 Å². The molecule has 31 heavy (non-hydrogen) atoms. The smallest absolute Gasteiger partial charge is 0.247 e. The fourth-order valence-electron chi connectivity index (χ4n) is 3.84. The molecule has 0 spiro atoms. The number of sulfone groups is 1. The molecule has 3 aromatic rings. The van der Waals surface area contributed by atoms with Crippen molar-refractivity contribution in [3.63, 3.8) is 0 Å². The predicted molar refractivity (Wildman–Crippen MR) is 120 cm³/mol. The summed E-state index contributed by atoms with van der Waals surface area (Å²) in [6, 6.07) is 22.5. The summed E-state index contributed by atoms with van der Waals surface area (Å²) in [5.41, 5.74) is 2.40. The minimum Gasteiger partial charge on any atom is -0.322 e. The van der Waals surface area contributed by atoms with Crippen LogP contribution in [-0.2, 0) is 19.4 Å². The Morgan fingerprint density at radius 2 is 1.48 bits per heavy atom. The zero-order chi connectivity index (χ0) is 22.2. The van der Waals surface area contributed by atoms with Crippen LogP contribution in [0.1, 0.15) is 24.0 Å². The van der Waals surface area contributed by atoms with Gasteiger partial charge in [0.1, 0.15) is 6.04 Å². The molecule has 1 N–H and O–H groups in total. The van der Waals surface area contributed by atoms with Gasteiger partial charge in [-0.05, 0) is 36.2 Å². The average molecular weight is 435 g/mol. The van der Waals surface area contributed by atoms with Gasteiger partial charge in [0.15, 0.2) is 9.84 Å². The molecule has 0 aliphatic carbocycles. The van der Waals surface area contributed by atoms with Gasteiger partial charge in [-0.25, -0.2) is 8.42 Å². The van der Waals surface area contributed by atoms with E-state index in [0.717, 1.165) is 17.4 Å². The number of nitrogens with zero attached hydrogens (tertiary/aromatic N) is 1. The number of nitrogens with one attached hydrogen (secondary N) is 1. The van der Waals surface area contributed by atoms with Gasteiger partial charge < -0.3 is 5.32 Å². The number of rotatable bonds is 4. The zero-order valence-electron chi connectivity index (χ0n) is 17.1. The first-order valence-corrected chi connectivity index (χ1v) is 11.7. The van der Waals surface area contributed by atoms with Crippen molar-refractivity contribution in [2.75, 3.05) is 16.5 Å². The van der Waals surface area contributed by atoms with Gasteiger partial charge in [0.2, 0.25) is 11.8 Å². The fourth-order valence-corrected chi connectivity index (χ4v) is 4.48.